The van der Waals surface area contributed by atoms with Crippen molar-refractivity contribution < 1.29 is 27.6 Å². The van der Waals surface area contributed by atoms with E-state index in [2.05, 4.69) is 10.3 Å². The highest BCUT2D eigenvalue weighted by molar-refractivity contribution is 8.00. The lowest BCUT2D eigenvalue weighted by molar-refractivity contribution is -0.116. The van der Waals surface area contributed by atoms with Crippen LogP contribution in [0.25, 0.3) is 0 Å². The molecule has 0 spiro atoms. The number of anilines is 2. The first-order valence-electron chi connectivity index (χ1n) is 10.1. The number of rotatable bonds is 6. The Hall–Kier alpha value is -3.57. The highest BCUT2D eigenvalue weighted by Crippen LogP contribution is 2.37. The summed E-state index contributed by atoms with van der Waals surface area (Å²) < 4.78 is 37.6. The zero-order valence-electron chi connectivity index (χ0n) is 17.8. The van der Waals surface area contributed by atoms with Crippen molar-refractivity contribution in [3.8, 4) is 0 Å². The van der Waals surface area contributed by atoms with E-state index in [9.17, 15) is 27.6 Å². The fourth-order valence-corrected chi connectivity index (χ4v) is 4.18. The Labute approximate surface area is 206 Å². The van der Waals surface area contributed by atoms with Gasteiger partial charge in [0.2, 0.25) is 0 Å². The second-order valence-corrected chi connectivity index (χ2v) is 8.94. The van der Waals surface area contributed by atoms with Crippen LogP contribution in [0.5, 0.6) is 0 Å². The SMILES string of the molecule is O=C(Nc1cc(CN2CC(=O)N(c3ccc(SC(F)(F)F)cc3)C2=O)ccn1)c1ccccc1Cl. The zero-order chi connectivity index (χ0) is 25.2. The second-order valence-electron chi connectivity index (χ2n) is 7.39. The van der Waals surface area contributed by atoms with Crippen molar-refractivity contribution in [2.24, 2.45) is 0 Å². The minimum absolute atomic E-state index is 0.0552. The molecule has 1 saturated heterocycles. The number of halogens is 4. The van der Waals surface area contributed by atoms with E-state index in [1.807, 2.05) is 0 Å². The molecule has 0 radical (unpaired) electrons. The van der Waals surface area contributed by atoms with Crippen molar-refractivity contribution in [3.63, 3.8) is 0 Å². The van der Waals surface area contributed by atoms with Crippen molar-refractivity contribution in [2.75, 3.05) is 16.8 Å². The number of hydrogen-bond donors (Lipinski definition) is 1. The first-order chi connectivity index (χ1) is 16.6. The molecule has 0 atom stereocenters. The predicted octanol–water partition coefficient (Wildman–Crippen LogP) is 5.57. The summed E-state index contributed by atoms with van der Waals surface area (Å²) in [5.41, 5.74) is -3.38. The molecule has 7 nitrogen and oxygen atoms in total. The number of benzene rings is 2. The Kier molecular flexibility index (Phi) is 6.99. The number of nitrogens with one attached hydrogen (secondary N) is 1. The molecular weight excluding hydrogens is 505 g/mol. The number of thioether (sulfide) groups is 1. The van der Waals surface area contributed by atoms with Gasteiger partial charge in [-0.3, -0.25) is 9.59 Å². The lowest BCUT2D eigenvalue weighted by atomic mass is 10.2. The Morgan fingerprint density at radius 1 is 1.09 bits per heavy atom. The number of imide groups is 1. The fraction of sp³-hybridized carbons (Fsp3) is 0.130. The van der Waals surface area contributed by atoms with Gasteiger partial charge in [0.25, 0.3) is 11.8 Å². The summed E-state index contributed by atoms with van der Waals surface area (Å²) in [5, 5.41) is 2.93. The summed E-state index contributed by atoms with van der Waals surface area (Å²) in [6, 6.07) is 14.1. The number of carbonyl (C=O) groups excluding carboxylic acids is 3. The maximum atomic E-state index is 12.9. The summed E-state index contributed by atoms with van der Waals surface area (Å²) >= 11 is 5.77. The summed E-state index contributed by atoms with van der Waals surface area (Å²) in [6.07, 6.45) is 1.45. The van der Waals surface area contributed by atoms with Crippen LogP contribution < -0.4 is 10.2 Å². The molecule has 1 fully saturated rings. The van der Waals surface area contributed by atoms with E-state index in [1.54, 1.807) is 36.4 Å². The average Bonchev–Trinajstić information content (AvgIpc) is 3.06. The van der Waals surface area contributed by atoms with Crippen LogP contribution in [0, 0.1) is 0 Å². The minimum Gasteiger partial charge on any atom is -0.310 e. The normalized spacial score (nSPS) is 13.9. The Morgan fingerprint density at radius 3 is 2.49 bits per heavy atom. The summed E-state index contributed by atoms with van der Waals surface area (Å²) in [7, 11) is 0. The minimum atomic E-state index is -4.44. The number of hydrogen-bond acceptors (Lipinski definition) is 5. The van der Waals surface area contributed by atoms with Crippen LogP contribution in [0.4, 0.5) is 29.5 Å². The Bertz CT molecular complexity index is 1290. The first kappa shape index (κ1) is 24.6. The van der Waals surface area contributed by atoms with Crippen molar-refractivity contribution in [3.05, 3.63) is 83.0 Å². The first-order valence-corrected chi connectivity index (χ1v) is 11.3. The number of carbonyl (C=O) groups is 3. The standard InChI is InChI=1S/C23H16ClF3N4O3S/c24-18-4-2-1-3-17(18)21(33)29-19-11-14(9-10-28-19)12-30-13-20(32)31(22(30)34)15-5-7-16(8-6-15)35-23(25,26)27/h1-11H,12-13H2,(H,28,29,33). The van der Waals surface area contributed by atoms with Crippen LogP contribution in [0.2, 0.25) is 5.02 Å². The van der Waals surface area contributed by atoms with Gasteiger partial charge in [-0.2, -0.15) is 13.2 Å². The van der Waals surface area contributed by atoms with Gasteiger partial charge in [0.05, 0.1) is 16.3 Å². The highest BCUT2D eigenvalue weighted by atomic mass is 35.5. The molecule has 0 unspecified atom stereocenters. The molecular formula is C23H16ClF3N4O3S. The molecule has 0 bridgehead atoms. The lowest BCUT2D eigenvalue weighted by Crippen LogP contribution is -2.32. The van der Waals surface area contributed by atoms with E-state index in [4.69, 9.17) is 11.6 Å². The molecule has 4 amide bonds. The van der Waals surface area contributed by atoms with Gasteiger partial charge < -0.3 is 10.2 Å². The van der Waals surface area contributed by atoms with Gasteiger partial charge in [-0.25, -0.2) is 14.7 Å². The van der Waals surface area contributed by atoms with E-state index in [1.165, 1.54) is 35.4 Å². The molecule has 0 aliphatic carbocycles. The zero-order valence-corrected chi connectivity index (χ0v) is 19.3. The third kappa shape index (κ3) is 5.92. The molecule has 12 heteroatoms. The molecule has 2 heterocycles. The van der Waals surface area contributed by atoms with Gasteiger partial charge in [0.1, 0.15) is 12.4 Å². The number of amides is 4. The smallest absolute Gasteiger partial charge is 0.310 e. The Morgan fingerprint density at radius 2 is 1.80 bits per heavy atom. The van der Waals surface area contributed by atoms with Gasteiger partial charge in [-0.15, -0.1) is 0 Å². The molecule has 4 rings (SSSR count). The molecule has 3 aromatic rings. The monoisotopic (exact) mass is 520 g/mol. The molecule has 180 valence electrons. The fourth-order valence-electron chi connectivity index (χ4n) is 3.41. The topological polar surface area (TPSA) is 82.6 Å². The van der Waals surface area contributed by atoms with Crippen molar-refractivity contribution in [2.45, 2.75) is 16.9 Å². The molecule has 35 heavy (non-hydrogen) atoms. The van der Waals surface area contributed by atoms with Crippen molar-refractivity contribution >= 4 is 52.7 Å². The quantitative estimate of drug-likeness (QED) is 0.339. The maximum Gasteiger partial charge on any atom is 0.446 e. The number of nitrogens with zero attached hydrogens (tertiary/aromatic N) is 3. The van der Waals surface area contributed by atoms with E-state index < -0.39 is 23.4 Å². The third-order valence-corrected chi connectivity index (χ3v) is 5.99. The number of alkyl halides is 3. The van der Waals surface area contributed by atoms with Gasteiger partial charge in [0, 0.05) is 17.6 Å². The highest BCUT2D eigenvalue weighted by Gasteiger charge is 2.37. The van der Waals surface area contributed by atoms with Crippen LogP contribution in [-0.2, 0) is 11.3 Å². The largest absolute Gasteiger partial charge is 0.446 e. The molecule has 1 aromatic heterocycles. The van der Waals surface area contributed by atoms with Crippen LogP contribution in [0.15, 0.2) is 71.8 Å². The third-order valence-electron chi connectivity index (χ3n) is 4.92. The van der Waals surface area contributed by atoms with E-state index >= 15 is 0 Å². The molecule has 1 aliphatic rings. The van der Waals surface area contributed by atoms with Crippen molar-refractivity contribution in [1.82, 2.24) is 9.88 Å². The predicted molar refractivity (Wildman–Crippen MR) is 125 cm³/mol. The van der Waals surface area contributed by atoms with E-state index in [0.29, 0.717) is 5.56 Å². The van der Waals surface area contributed by atoms with Crippen LogP contribution >= 0.6 is 23.4 Å². The number of pyridine rings is 1. The van der Waals surface area contributed by atoms with Crippen molar-refractivity contribution in [1.29, 1.82) is 0 Å². The Balaban J connectivity index is 1.44. The second kappa shape index (κ2) is 9.96. The van der Waals surface area contributed by atoms with Crippen LogP contribution in [-0.4, -0.2) is 39.8 Å². The summed E-state index contributed by atoms with van der Waals surface area (Å²) in [4.78, 5) is 44.1. The van der Waals surface area contributed by atoms with E-state index in [0.717, 1.165) is 4.90 Å². The average molecular weight is 521 g/mol. The maximum absolute atomic E-state index is 12.9. The lowest BCUT2D eigenvalue weighted by Gasteiger charge is -2.18. The molecule has 1 N–H and O–H groups in total. The number of aromatic nitrogens is 1. The van der Waals surface area contributed by atoms with E-state index in [-0.39, 0.29) is 51.8 Å². The van der Waals surface area contributed by atoms with Crippen LogP contribution in [0.3, 0.4) is 0 Å². The molecule has 0 saturated carbocycles. The molecule has 1 aliphatic heterocycles. The summed E-state index contributed by atoms with van der Waals surface area (Å²) in [5.74, 6) is -0.724. The van der Waals surface area contributed by atoms with Gasteiger partial charge in [0.15, 0.2) is 0 Å². The summed E-state index contributed by atoms with van der Waals surface area (Å²) in [6.45, 7) is -0.151. The number of urea groups is 1. The van der Waals surface area contributed by atoms with Gasteiger partial charge in [-0.1, -0.05) is 23.7 Å². The van der Waals surface area contributed by atoms with Crippen LogP contribution in [0.1, 0.15) is 15.9 Å². The molecule has 2 aromatic carbocycles. The van der Waals surface area contributed by atoms with Gasteiger partial charge >= 0.3 is 11.5 Å². The van der Waals surface area contributed by atoms with Gasteiger partial charge in [-0.05, 0) is 65.9 Å².